The van der Waals surface area contributed by atoms with E-state index in [0.29, 0.717) is 25.3 Å². The largest absolute Gasteiger partial charge is 0.383 e. The number of anilines is 1. The molecule has 138 valence electrons. The van der Waals surface area contributed by atoms with E-state index in [1.54, 1.807) is 14.2 Å². The molecule has 1 aromatic rings. The van der Waals surface area contributed by atoms with Gasteiger partial charge in [0.1, 0.15) is 5.82 Å². The molecule has 2 heterocycles. The van der Waals surface area contributed by atoms with E-state index in [9.17, 15) is 0 Å². The summed E-state index contributed by atoms with van der Waals surface area (Å²) in [7, 11) is 5.53. The van der Waals surface area contributed by atoms with Crippen molar-refractivity contribution in [1.29, 1.82) is 0 Å². The van der Waals surface area contributed by atoms with Crippen LogP contribution >= 0.6 is 12.4 Å². The number of halogens is 1. The van der Waals surface area contributed by atoms with Crippen molar-refractivity contribution in [2.75, 3.05) is 52.4 Å². The molecule has 1 aromatic heterocycles. The van der Waals surface area contributed by atoms with Crippen LogP contribution in [0.15, 0.2) is 18.3 Å². The minimum atomic E-state index is 0. The van der Waals surface area contributed by atoms with Crippen molar-refractivity contribution in [3.63, 3.8) is 0 Å². The predicted octanol–water partition coefficient (Wildman–Crippen LogP) is 1.52. The van der Waals surface area contributed by atoms with Gasteiger partial charge in [0.25, 0.3) is 0 Å². The van der Waals surface area contributed by atoms with Crippen LogP contribution in [0.5, 0.6) is 0 Å². The Balaban J connectivity index is 0.00000288. The lowest BCUT2D eigenvalue weighted by Gasteiger charge is -2.38. The summed E-state index contributed by atoms with van der Waals surface area (Å²) in [6, 6.07) is 4.61. The molecule has 2 N–H and O–H groups in total. The smallest absolute Gasteiger partial charge is 0.128 e. The number of hydrogen-bond donors (Lipinski definition) is 1. The van der Waals surface area contributed by atoms with Crippen molar-refractivity contribution < 1.29 is 9.47 Å². The highest BCUT2D eigenvalue weighted by Gasteiger charge is 2.27. The average Bonchev–Trinajstić information content (AvgIpc) is 2.60. The van der Waals surface area contributed by atoms with E-state index in [-0.39, 0.29) is 12.4 Å². The van der Waals surface area contributed by atoms with Crippen molar-refractivity contribution in [2.24, 2.45) is 5.73 Å². The zero-order valence-electron chi connectivity index (χ0n) is 15.0. The van der Waals surface area contributed by atoms with Crippen molar-refractivity contribution in [2.45, 2.75) is 31.5 Å². The Morgan fingerprint density at radius 3 is 2.75 bits per heavy atom. The normalized spacial score (nSPS) is 21.3. The summed E-state index contributed by atoms with van der Waals surface area (Å²) in [5, 5.41) is 0. The fourth-order valence-corrected chi connectivity index (χ4v) is 3.04. The van der Waals surface area contributed by atoms with Gasteiger partial charge in [0.15, 0.2) is 0 Å². The summed E-state index contributed by atoms with van der Waals surface area (Å²) < 4.78 is 10.6. The first-order valence-corrected chi connectivity index (χ1v) is 8.29. The average molecular weight is 359 g/mol. The lowest BCUT2D eigenvalue weighted by molar-refractivity contribution is 0.0102. The van der Waals surface area contributed by atoms with Crippen LogP contribution < -0.4 is 10.6 Å². The lowest BCUT2D eigenvalue weighted by Crippen LogP contribution is -2.47. The lowest BCUT2D eigenvalue weighted by atomic mass is 9.98. The molecule has 1 saturated heterocycles. The molecule has 0 aromatic carbocycles. The molecule has 7 heteroatoms. The van der Waals surface area contributed by atoms with E-state index < -0.39 is 0 Å². The quantitative estimate of drug-likeness (QED) is 0.760. The molecule has 1 fully saturated rings. The molecule has 0 spiro atoms. The summed E-state index contributed by atoms with van der Waals surface area (Å²) in [5.74, 6) is 0.972. The minimum absolute atomic E-state index is 0. The number of rotatable bonds is 8. The van der Waals surface area contributed by atoms with E-state index in [4.69, 9.17) is 15.2 Å². The summed E-state index contributed by atoms with van der Waals surface area (Å²) in [6.45, 7) is 4.13. The second kappa shape index (κ2) is 10.8. The first-order valence-electron chi connectivity index (χ1n) is 8.29. The highest BCUT2D eigenvalue weighted by molar-refractivity contribution is 5.85. The van der Waals surface area contributed by atoms with Crippen LogP contribution in [0.1, 0.15) is 18.4 Å². The van der Waals surface area contributed by atoms with Crippen LogP contribution in [-0.2, 0) is 16.0 Å². The van der Waals surface area contributed by atoms with E-state index in [1.807, 2.05) is 13.2 Å². The summed E-state index contributed by atoms with van der Waals surface area (Å²) in [4.78, 5) is 9.11. The summed E-state index contributed by atoms with van der Waals surface area (Å²) in [5.41, 5.74) is 7.17. The minimum Gasteiger partial charge on any atom is -0.383 e. The number of nitrogens with zero attached hydrogens (tertiary/aromatic N) is 3. The van der Waals surface area contributed by atoms with E-state index in [2.05, 4.69) is 26.9 Å². The Labute approximate surface area is 151 Å². The molecule has 24 heavy (non-hydrogen) atoms. The van der Waals surface area contributed by atoms with E-state index in [0.717, 1.165) is 38.3 Å². The molecule has 6 nitrogen and oxygen atoms in total. The van der Waals surface area contributed by atoms with Gasteiger partial charge < -0.3 is 20.1 Å². The fourth-order valence-electron chi connectivity index (χ4n) is 3.04. The molecule has 0 radical (unpaired) electrons. The number of pyridine rings is 1. The number of ether oxygens (including phenoxy) is 2. The zero-order chi connectivity index (χ0) is 16.7. The maximum atomic E-state index is 5.94. The van der Waals surface area contributed by atoms with Gasteiger partial charge in [-0.2, -0.15) is 0 Å². The van der Waals surface area contributed by atoms with Gasteiger partial charge in [-0.1, -0.05) is 6.07 Å². The van der Waals surface area contributed by atoms with Crippen molar-refractivity contribution >= 4 is 18.2 Å². The molecular formula is C17H31ClN4O2. The van der Waals surface area contributed by atoms with Gasteiger partial charge in [0.2, 0.25) is 0 Å². The second-order valence-electron chi connectivity index (χ2n) is 6.18. The molecule has 0 aliphatic carbocycles. The number of methoxy groups -OCH3 is 2. The van der Waals surface area contributed by atoms with Gasteiger partial charge in [-0.05, 0) is 24.5 Å². The molecule has 2 rings (SSSR count). The van der Waals surface area contributed by atoms with Crippen molar-refractivity contribution in [1.82, 2.24) is 9.88 Å². The molecule has 2 unspecified atom stereocenters. The van der Waals surface area contributed by atoms with Gasteiger partial charge in [-0.3, -0.25) is 4.90 Å². The Hall–Kier alpha value is -0.920. The van der Waals surface area contributed by atoms with Crippen LogP contribution in [0.25, 0.3) is 0 Å². The van der Waals surface area contributed by atoms with Crippen LogP contribution in [-0.4, -0.2) is 69.5 Å². The predicted molar refractivity (Wildman–Crippen MR) is 99.9 cm³/mol. The third-order valence-corrected chi connectivity index (χ3v) is 4.61. The molecule has 0 saturated carbocycles. The number of aromatic nitrogens is 1. The zero-order valence-corrected chi connectivity index (χ0v) is 15.8. The standard InChI is InChI=1S/C17H30N4O2.ClH/c1-20(8-9-22-2)17-5-4-14(12-19-17)13-21-7-6-16(23-3)10-15(21)11-18;/h4-5,12,15-16H,6-11,13,18H2,1-3H3;1H. The van der Waals surface area contributed by atoms with Crippen molar-refractivity contribution in [3.8, 4) is 0 Å². The van der Waals surface area contributed by atoms with E-state index >= 15 is 0 Å². The highest BCUT2D eigenvalue weighted by Crippen LogP contribution is 2.21. The van der Waals surface area contributed by atoms with Crippen LogP contribution in [0, 0.1) is 0 Å². The summed E-state index contributed by atoms with van der Waals surface area (Å²) in [6.07, 6.45) is 4.39. The number of hydrogen-bond acceptors (Lipinski definition) is 6. The molecular weight excluding hydrogens is 328 g/mol. The highest BCUT2D eigenvalue weighted by atomic mass is 35.5. The first kappa shape index (κ1) is 21.1. The second-order valence-corrected chi connectivity index (χ2v) is 6.18. The third-order valence-electron chi connectivity index (χ3n) is 4.61. The number of piperidine rings is 1. The van der Waals surface area contributed by atoms with Gasteiger partial charge >= 0.3 is 0 Å². The molecule has 2 atom stereocenters. The molecule has 0 bridgehead atoms. The van der Waals surface area contributed by atoms with Crippen LogP contribution in [0.2, 0.25) is 0 Å². The van der Waals surface area contributed by atoms with Gasteiger partial charge in [0, 0.05) is 59.7 Å². The number of nitrogens with two attached hydrogens (primary N) is 1. The van der Waals surface area contributed by atoms with Gasteiger partial charge in [-0.25, -0.2) is 4.98 Å². The number of likely N-dealkylation sites (N-methyl/N-ethyl adjacent to an activating group) is 1. The Morgan fingerprint density at radius 1 is 1.38 bits per heavy atom. The Kier molecular flexibility index (Phi) is 9.54. The Bertz CT molecular complexity index is 460. The topological polar surface area (TPSA) is 63.9 Å². The maximum absolute atomic E-state index is 5.94. The van der Waals surface area contributed by atoms with E-state index in [1.165, 1.54) is 5.56 Å². The molecule has 1 aliphatic heterocycles. The van der Waals surface area contributed by atoms with Crippen LogP contribution in [0.4, 0.5) is 5.82 Å². The fraction of sp³-hybridized carbons (Fsp3) is 0.706. The SMILES string of the molecule is COCCN(C)c1ccc(CN2CCC(OC)CC2CN)cn1.Cl. The third kappa shape index (κ3) is 5.86. The van der Waals surface area contributed by atoms with Gasteiger partial charge in [-0.15, -0.1) is 12.4 Å². The van der Waals surface area contributed by atoms with Gasteiger partial charge in [0.05, 0.1) is 12.7 Å². The monoisotopic (exact) mass is 358 g/mol. The Morgan fingerprint density at radius 2 is 2.17 bits per heavy atom. The summed E-state index contributed by atoms with van der Waals surface area (Å²) >= 11 is 0. The van der Waals surface area contributed by atoms with Crippen molar-refractivity contribution in [3.05, 3.63) is 23.9 Å². The maximum Gasteiger partial charge on any atom is 0.128 e. The molecule has 1 aliphatic rings. The van der Waals surface area contributed by atoms with Crippen LogP contribution in [0.3, 0.4) is 0 Å². The number of likely N-dealkylation sites (tertiary alicyclic amines) is 1. The first-order chi connectivity index (χ1) is 11.2. The molecule has 0 amide bonds.